The van der Waals surface area contributed by atoms with E-state index in [1.54, 1.807) is 17.4 Å². The smallest absolute Gasteiger partial charge is 0.229 e. The van der Waals surface area contributed by atoms with Gasteiger partial charge in [-0.15, -0.1) is 0 Å². The predicted octanol–water partition coefficient (Wildman–Crippen LogP) is 3.40. The van der Waals surface area contributed by atoms with Crippen LogP contribution in [0.25, 0.3) is 10.2 Å². The van der Waals surface area contributed by atoms with Crippen LogP contribution >= 0.6 is 11.3 Å². The zero-order chi connectivity index (χ0) is 22.2. The van der Waals surface area contributed by atoms with Gasteiger partial charge in [0.25, 0.3) is 0 Å². The van der Waals surface area contributed by atoms with Gasteiger partial charge in [-0.1, -0.05) is 11.3 Å². The molecule has 166 valence electrons. The van der Waals surface area contributed by atoms with Crippen LogP contribution in [0.3, 0.4) is 0 Å². The van der Waals surface area contributed by atoms with Crippen LogP contribution in [0, 0.1) is 17.6 Å². The first-order valence-electron chi connectivity index (χ1n) is 10.3. The van der Waals surface area contributed by atoms with E-state index in [1.165, 1.54) is 11.0 Å². The van der Waals surface area contributed by atoms with Gasteiger partial charge in [-0.3, -0.25) is 9.59 Å². The van der Waals surface area contributed by atoms with E-state index in [9.17, 15) is 18.4 Å². The van der Waals surface area contributed by atoms with Crippen molar-refractivity contribution in [2.24, 2.45) is 5.92 Å². The number of anilines is 3. The number of hydrogen-bond acceptors (Lipinski definition) is 6. The number of thiazole rings is 1. The van der Waals surface area contributed by atoms with Gasteiger partial charge >= 0.3 is 0 Å². The van der Waals surface area contributed by atoms with E-state index >= 15 is 0 Å². The maximum atomic E-state index is 14.1. The summed E-state index contributed by atoms with van der Waals surface area (Å²) < 4.78 is 33.6. The third-order valence-corrected chi connectivity index (χ3v) is 6.70. The highest BCUT2D eigenvalue weighted by Gasteiger charge is 2.36. The number of fused-ring (bicyclic) bond motifs is 1. The molecule has 0 aliphatic carbocycles. The van der Waals surface area contributed by atoms with E-state index in [0.29, 0.717) is 18.9 Å². The SMILES string of the molecule is O=C(Nc1ccc2nc(N3CCOCC3)sc2c1)C1CC(=O)N(c2ccc(F)cc2F)C1. The summed E-state index contributed by atoms with van der Waals surface area (Å²) in [7, 11) is 0. The molecule has 1 unspecified atom stereocenters. The Bertz CT molecular complexity index is 1200. The van der Waals surface area contributed by atoms with Gasteiger partial charge in [-0.25, -0.2) is 13.8 Å². The number of aromatic nitrogens is 1. The van der Waals surface area contributed by atoms with Crippen molar-refractivity contribution in [1.29, 1.82) is 0 Å². The highest BCUT2D eigenvalue weighted by Crippen LogP contribution is 2.32. The predicted molar refractivity (Wildman–Crippen MR) is 118 cm³/mol. The fourth-order valence-electron chi connectivity index (χ4n) is 3.94. The lowest BCUT2D eigenvalue weighted by molar-refractivity contribution is -0.122. The summed E-state index contributed by atoms with van der Waals surface area (Å²) in [4.78, 5) is 33.2. The first-order chi connectivity index (χ1) is 15.5. The van der Waals surface area contributed by atoms with Gasteiger partial charge in [0.1, 0.15) is 11.6 Å². The van der Waals surface area contributed by atoms with Crippen molar-refractivity contribution in [2.75, 3.05) is 48.0 Å². The molecule has 7 nitrogen and oxygen atoms in total. The highest BCUT2D eigenvalue weighted by molar-refractivity contribution is 7.22. The number of carbonyl (C=O) groups is 2. The number of benzene rings is 2. The fraction of sp³-hybridized carbons (Fsp3) is 0.318. The second-order valence-electron chi connectivity index (χ2n) is 7.77. The van der Waals surface area contributed by atoms with Crippen molar-refractivity contribution < 1.29 is 23.1 Å². The number of halogens is 2. The number of amides is 2. The Morgan fingerprint density at radius 2 is 1.97 bits per heavy atom. The Balaban J connectivity index is 1.28. The fourth-order valence-corrected chi connectivity index (χ4v) is 5.00. The summed E-state index contributed by atoms with van der Waals surface area (Å²) in [5.41, 5.74) is 1.44. The third-order valence-electron chi connectivity index (χ3n) is 5.62. The van der Waals surface area contributed by atoms with E-state index in [4.69, 9.17) is 4.74 Å². The zero-order valence-electron chi connectivity index (χ0n) is 17.0. The van der Waals surface area contributed by atoms with Gasteiger partial charge in [0.05, 0.1) is 35.0 Å². The van der Waals surface area contributed by atoms with Crippen molar-refractivity contribution >= 4 is 49.9 Å². The quantitative estimate of drug-likeness (QED) is 0.649. The first kappa shape index (κ1) is 20.8. The average molecular weight is 458 g/mol. The van der Waals surface area contributed by atoms with Crippen molar-refractivity contribution in [3.63, 3.8) is 0 Å². The molecule has 5 rings (SSSR count). The van der Waals surface area contributed by atoms with Crippen LogP contribution in [0.2, 0.25) is 0 Å². The Labute approximate surface area is 186 Å². The molecule has 2 aliphatic heterocycles. The van der Waals surface area contributed by atoms with Crippen molar-refractivity contribution in [2.45, 2.75) is 6.42 Å². The van der Waals surface area contributed by atoms with E-state index in [0.717, 1.165) is 40.6 Å². The Morgan fingerprint density at radius 1 is 1.16 bits per heavy atom. The molecule has 3 heterocycles. The number of hydrogen-bond donors (Lipinski definition) is 1. The van der Waals surface area contributed by atoms with E-state index in [1.807, 2.05) is 12.1 Å². The second-order valence-corrected chi connectivity index (χ2v) is 8.78. The minimum Gasteiger partial charge on any atom is -0.378 e. The molecule has 0 saturated carbocycles. The van der Waals surface area contributed by atoms with Crippen LogP contribution in [0.1, 0.15) is 6.42 Å². The molecule has 10 heteroatoms. The molecule has 0 spiro atoms. The van der Waals surface area contributed by atoms with Crippen LogP contribution in [0.5, 0.6) is 0 Å². The van der Waals surface area contributed by atoms with Gasteiger partial charge in [-0.2, -0.15) is 0 Å². The van der Waals surface area contributed by atoms with Gasteiger partial charge < -0.3 is 19.9 Å². The van der Waals surface area contributed by atoms with Crippen molar-refractivity contribution in [3.05, 3.63) is 48.0 Å². The maximum absolute atomic E-state index is 14.1. The zero-order valence-corrected chi connectivity index (χ0v) is 17.8. The molecule has 1 N–H and O–H groups in total. The minimum atomic E-state index is -0.828. The Kier molecular flexibility index (Phi) is 5.48. The molecular weight excluding hydrogens is 438 g/mol. The molecule has 1 aromatic heterocycles. The van der Waals surface area contributed by atoms with E-state index in [2.05, 4.69) is 15.2 Å². The van der Waals surface area contributed by atoms with Gasteiger partial charge in [0, 0.05) is 37.8 Å². The number of rotatable bonds is 4. The van der Waals surface area contributed by atoms with Crippen LogP contribution in [-0.2, 0) is 14.3 Å². The highest BCUT2D eigenvalue weighted by atomic mass is 32.1. The monoisotopic (exact) mass is 458 g/mol. The minimum absolute atomic E-state index is 0.0200. The number of ether oxygens (including phenoxy) is 1. The van der Waals surface area contributed by atoms with Crippen LogP contribution in [0.15, 0.2) is 36.4 Å². The Morgan fingerprint density at radius 3 is 2.75 bits per heavy atom. The first-order valence-corrected chi connectivity index (χ1v) is 11.1. The Hall–Kier alpha value is -3.11. The largest absolute Gasteiger partial charge is 0.378 e. The van der Waals surface area contributed by atoms with Crippen LogP contribution in [0.4, 0.5) is 25.3 Å². The number of morpholine rings is 1. The molecule has 2 aliphatic rings. The molecule has 3 aromatic rings. The molecule has 2 saturated heterocycles. The molecule has 0 radical (unpaired) electrons. The summed E-state index contributed by atoms with van der Waals surface area (Å²) in [6.45, 7) is 2.98. The van der Waals surface area contributed by atoms with Crippen molar-refractivity contribution in [1.82, 2.24) is 4.98 Å². The van der Waals surface area contributed by atoms with Gasteiger partial charge in [-0.05, 0) is 30.3 Å². The number of carbonyl (C=O) groups excluding carboxylic acids is 2. The van der Waals surface area contributed by atoms with Gasteiger partial charge in [0.2, 0.25) is 11.8 Å². The van der Waals surface area contributed by atoms with Crippen LogP contribution in [-0.4, -0.2) is 49.6 Å². The van der Waals surface area contributed by atoms with E-state index < -0.39 is 17.6 Å². The van der Waals surface area contributed by atoms with E-state index in [-0.39, 0.29) is 30.5 Å². The molecule has 32 heavy (non-hydrogen) atoms. The normalized spacial score (nSPS) is 19.1. The topological polar surface area (TPSA) is 74.8 Å². The molecule has 2 fully saturated rings. The number of nitrogens with one attached hydrogen (secondary N) is 1. The molecule has 2 aromatic carbocycles. The number of nitrogens with zero attached hydrogens (tertiary/aromatic N) is 3. The molecule has 1 atom stereocenters. The summed E-state index contributed by atoms with van der Waals surface area (Å²) >= 11 is 1.55. The standard InChI is InChI=1S/C22H20F2N4O3S/c23-14-1-4-18(16(24)10-14)28-12-13(9-20(28)29)21(30)25-15-2-3-17-19(11-15)32-22(26-17)27-5-7-31-8-6-27/h1-4,10-11,13H,5-9,12H2,(H,25,30). The maximum Gasteiger partial charge on any atom is 0.229 e. The summed E-state index contributed by atoms with van der Waals surface area (Å²) in [6, 6.07) is 8.53. The summed E-state index contributed by atoms with van der Waals surface area (Å²) in [5, 5.41) is 3.78. The van der Waals surface area contributed by atoms with Gasteiger partial charge in [0.15, 0.2) is 5.13 Å². The second kappa shape index (κ2) is 8.44. The lowest BCUT2D eigenvalue weighted by Gasteiger charge is -2.25. The molecular formula is C22H20F2N4O3S. The summed E-state index contributed by atoms with van der Waals surface area (Å²) in [6.07, 6.45) is -0.0351. The third kappa shape index (κ3) is 4.03. The lowest BCUT2D eigenvalue weighted by Crippen LogP contribution is -2.36. The van der Waals surface area contributed by atoms with Crippen molar-refractivity contribution in [3.8, 4) is 0 Å². The lowest BCUT2D eigenvalue weighted by atomic mass is 10.1. The summed E-state index contributed by atoms with van der Waals surface area (Å²) in [5.74, 6) is -2.87. The van der Waals surface area contributed by atoms with Crippen LogP contribution < -0.4 is 15.1 Å². The molecule has 0 bridgehead atoms. The molecule has 2 amide bonds. The average Bonchev–Trinajstić information content (AvgIpc) is 3.38.